The van der Waals surface area contributed by atoms with Crippen molar-refractivity contribution >= 4 is 21.6 Å². The van der Waals surface area contributed by atoms with Gasteiger partial charge in [-0.3, -0.25) is 0 Å². The van der Waals surface area contributed by atoms with Crippen molar-refractivity contribution in [3.8, 4) is 0 Å². The van der Waals surface area contributed by atoms with E-state index in [0.717, 1.165) is 17.6 Å². The molecular weight excluding hydrogens is 302 g/mol. The molecule has 0 heterocycles. The molecule has 0 radical (unpaired) electrons. The summed E-state index contributed by atoms with van der Waals surface area (Å²) in [4.78, 5) is 4.64. The Kier molecular flexibility index (Phi) is 6.30. The molecule has 0 aliphatic rings. The lowest BCUT2D eigenvalue weighted by molar-refractivity contribution is 0.372. The molecule has 0 spiro atoms. The van der Waals surface area contributed by atoms with E-state index in [4.69, 9.17) is 5.73 Å². The number of rotatable bonds is 6. The van der Waals surface area contributed by atoms with Crippen LogP contribution in [0.15, 0.2) is 22.7 Å². The molecule has 4 heteroatoms. The SMILES string of the molecule is CCN(c1cc(Br)ccc1C(C)N)C(C)CN(C)C. The van der Waals surface area contributed by atoms with Crippen molar-refractivity contribution in [2.24, 2.45) is 5.73 Å². The molecular formula is C15H26BrN3. The van der Waals surface area contributed by atoms with Gasteiger partial charge < -0.3 is 15.5 Å². The summed E-state index contributed by atoms with van der Waals surface area (Å²) in [6.07, 6.45) is 0. The molecule has 0 aliphatic heterocycles. The van der Waals surface area contributed by atoms with Crippen LogP contribution in [0.3, 0.4) is 0 Å². The van der Waals surface area contributed by atoms with E-state index in [-0.39, 0.29) is 6.04 Å². The minimum absolute atomic E-state index is 0.0451. The van der Waals surface area contributed by atoms with E-state index in [1.807, 2.05) is 6.92 Å². The Morgan fingerprint density at radius 2 is 1.89 bits per heavy atom. The lowest BCUT2D eigenvalue weighted by Gasteiger charge is -2.34. The standard InChI is InChI=1S/C15H26BrN3/c1-6-19(11(2)10-18(4)5)15-9-13(16)7-8-14(15)12(3)17/h7-9,11-12H,6,10,17H2,1-5H3. The highest BCUT2D eigenvalue weighted by Crippen LogP contribution is 2.30. The maximum atomic E-state index is 6.11. The molecule has 1 aromatic carbocycles. The zero-order valence-corrected chi connectivity index (χ0v) is 14.2. The second-order valence-electron chi connectivity index (χ2n) is 5.39. The number of likely N-dealkylation sites (N-methyl/N-ethyl adjacent to an activating group) is 2. The van der Waals surface area contributed by atoms with Gasteiger partial charge in [0.2, 0.25) is 0 Å². The van der Waals surface area contributed by atoms with Gasteiger partial charge in [0.25, 0.3) is 0 Å². The molecule has 0 aliphatic carbocycles. The Balaban J connectivity index is 3.12. The maximum absolute atomic E-state index is 6.11. The van der Waals surface area contributed by atoms with E-state index in [0.29, 0.717) is 6.04 Å². The summed E-state index contributed by atoms with van der Waals surface area (Å²) in [5.74, 6) is 0. The molecule has 0 saturated carbocycles. The second kappa shape index (κ2) is 7.27. The molecule has 0 bridgehead atoms. The molecule has 2 atom stereocenters. The monoisotopic (exact) mass is 327 g/mol. The van der Waals surface area contributed by atoms with Crippen molar-refractivity contribution in [3.63, 3.8) is 0 Å². The molecule has 19 heavy (non-hydrogen) atoms. The largest absolute Gasteiger partial charge is 0.368 e. The molecule has 0 aromatic heterocycles. The van der Waals surface area contributed by atoms with Gasteiger partial charge in [0, 0.05) is 35.3 Å². The van der Waals surface area contributed by atoms with Gasteiger partial charge >= 0.3 is 0 Å². The van der Waals surface area contributed by atoms with E-state index >= 15 is 0 Å². The molecule has 0 saturated heterocycles. The average Bonchev–Trinajstić information content (AvgIpc) is 2.28. The van der Waals surface area contributed by atoms with Gasteiger partial charge in [0.05, 0.1) is 0 Å². The van der Waals surface area contributed by atoms with E-state index in [9.17, 15) is 0 Å². The summed E-state index contributed by atoms with van der Waals surface area (Å²) in [6, 6.07) is 6.85. The van der Waals surface area contributed by atoms with Crippen molar-refractivity contribution < 1.29 is 0 Å². The van der Waals surface area contributed by atoms with Gasteiger partial charge in [-0.25, -0.2) is 0 Å². The van der Waals surface area contributed by atoms with Gasteiger partial charge in [-0.2, -0.15) is 0 Å². The Morgan fingerprint density at radius 3 is 2.37 bits per heavy atom. The minimum atomic E-state index is 0.0451. The zero-order valence-electron chi connectivity index (χ0n) is 12.7. The highest BCUT2D eigenvalue weighted by Gasteiger charge is 2.18. The van der Waals surface area contributed by atoms with Crippen LogP contribution in [-0.4, -0.2) is 38.1 Å². The van der Waals surface area contributed by atoms with E-state index in [1.54, 1.807) is 0 Å². The van der Waals surface area contributed by atoms with Crippen molar-refractivity contribution in [1.29, 1.82) is 0 Å². The molecule has 1 rings (SSSR count). The van der Waals surface area contributed by atoms with Gasteiger partial charge in [-0.05, 0) is 52.6 Å². The van der Waals surface area contributed by atoms with Crippen LogP contribution in [0.1, 0.15) is 32.4 Å². The summed E-state index contributed by atoms with van der Waals surface area (Å²) in [6.45, 7) is 8.49. The van der Waals surface area contributed by atoms with E-state index in [2.05, 4.69) is 71.9 Å². The molecule has 0 amide bonds. The first-order chi connectivity index (χ1) is 8.86. The van der Waals surface area contributed by atoms with Crippen molar-refractivity contribution in [2.45, 2.75) is 32.9 Å². The molecule has 3 nitrogen and oxygen atoms in total. The van der Waals surface area contributed by atoms with Crippen molar-refractivity contribution in [3.05, 3.63) is 28.2 Å². The van der Waals surface area contributed by atoms with Crippen LogP contribution >= 0.6 is 15.9 Å². The smallest absolute Gasteiger partial charge is 0.0428 e. The number of hydrogen-bond donors (Lipinski definition) is 1. The molecule has 2 N–H and O–H groups in total. The first-order valence-electron chi connectivity index (χ1n) is 6.83. The Labute approximate surface area is 125 Å². The van der Waals surface area contributed by atoms with Gasteiger partial charge in [-0.15, -0.1) is 0 Å². The number of hydrogen-bond acceptors (Lipinski definition) is 3. The summed E-state index contributed by atoms with van der Waals surface area (Å²) in [7, 11) is 4.22. The van der Waals surface area contributed by atoms with Crippen LogP contribution < -0.4 is 10.6 Å². The fourth-order valence-electron chi connectivity index (χ4n) is 2.50. The fourth-order valence-corrected chi connectivity index (χ4v) is 2.85. The van der Waals surface area contributed by atoms with Crippen LogP contribution in [0, 0.1) is 0 Å². The van der Waals surface area contributed by atoms with E-state index in [1.165, 1.54) is 11.3 Å². The van der Waals surface area contributed by atoms with Crippen LogP contribution in [-0.2, 0) is 0 Å². The quantitative estimate of drug-likeness (QED) is 0.870. The number of benzene rings is 1. The fraction of sp³-hybridized carbons (Fsp3) is 0.600. The highest BCUT2D eigenvalue weighted by molar-refractivity contribution is 9.10. The summed E-state index contributed by atoms with van der Waals surface area (Å²) in [5, 5.41) is 0. The minimum Gasteiger partial charge on any atom is -0.368 e. The molecule has 1 aromatic rings. The Morgan fingerprint density at radius 1 is 1.26 bits per heavy atom. The normalized spacial score (nSPS) is 14.5. The Hall–Kier alpha value is -0.580. The number of nitrogens with two attached hydrogens (primary N) is 1. The third kappa shape index (κ3) is 4.48. The summed E-state index contributed by atoms with van der Waals surface area (Å²) in [5.41, 5.74) is 8.55. The Bertz CT molecular complexity index is 404. The van der Waals surface area contributed by atoms with Gasteiger partial charge in [0.15, 0.2) is 0 Å². The predicted molar refractivity (Wildman–Crippen MR) is 87.8 cm³/mol. The van der Waals surface area contributed by atoms with Crippen LogP contribution in [0.2, 0.25) is 0 Å². The zero-order chi connectivity index (χ0) is 14.6. The van der Waals surface area contributed by atoms with E-state index < -0.39 is 0 Å². The summed E-state index contributed by atoms with van der Waals surface area (Å²) < 4.78 is 1.10. The van der Waals surface area contributed by atoms with Crippen molar-refractivity contribution in [1.82, 2.24) is 4.90 Å². The first kappa shape index (κ1) is 16.5. The first-order valence-corrected chi connectivity index (χ1v) is 7.62. The number of anilines is 1. The third-order valence-electron chi connectivity index (χ3n) is 3.29. The topological polar surface area (TPSA) is 32.5 Å². The van der Waals surface area contributed by atoms with Gasteiger partial charge in [-0.1, -0.05) is 22.0 Å². The lowest BCUT2D eigenvalue weighted by Crippen LogP contribution is -2.40. The number of nitrogens with zero attached hydrogens (tertiary/aromatic N) is 2. The summed E-state index contributed by atoms with van der Waals surface area (Å²) >= 11 is 3.56. The third-order valence-corrected chi connectivity index (χ3v) is 3.79. The number of halogens is 1. The second-order valence-corrected chi connectivity index (χ2v) is 6.30. The van der Waals surface area contributed by atoms with Crippen molar-refractivity contribution in [2.75, 3.05) is 32.1 Å². The van der Waals surface area contributed by atoms with Crippen LogP contribution in [0.25, 0.3) is 0 Å². The molecule has 2 unspecified atom stereocenters. The molecule has 108 valence electrons. The van der Waals surface area contributed by atoms with Gasteiger partial charge in [0.1, 0.15) is 0 Å². The lowest BCUT2D eigenvalue weighted by atomic mass is 10.0. The van der Waals surface area contributed by atoms with Crippen LogP contribution in [0.5, 0.6) is 0 Å². The predicted octanol–water partition coefficient (Wildman–Crippen LogP) is 3.25. The average molecular weight is 328 g/mol. The van der Waals surface area contributed by atoms with Crippen LogP contribution in [0.4, 0.5) is 5.69 Å². The molecule has 0 fully saturated rings. The maximum Gasteiger partial charge on any atom is 0.0428 e. The highest BCUT2D eigenvalue weighted by atomic mass is 79.9.